The van der Waals surface area contributed by atoms with Gasteiger partial charge in [-0.25, -0.2) is 10.6 Å². The molecule has 1 aliphatic carbocycles. The Morgan fingerprint density at radius 1 is 1.50 bits per heavy atom. The number of hydrazine groups is 1. The van der Waals surface area contributed by atoms with Gasteiger partial charge in [0.05, 0.1) is 6.54 Å². The SMILES string of the molecule is NNC(=NCCNC(N)=O)NC1CC1. The van der Waals surface area contributed by atoms with E-state index in [-0.39, 0.29) is 0 Å². The summed E-state index contributed by atoms with van der Waals surface area (Å²) in [5.41, 5.74) is 7.33. The van der Waals surface area contributed by atoms with E-state index in [1.54, 1.807) is 0 Å². The molecule has 0 heterocycles. The first-order valence-corrected chi connectivity index (χ1v) is 4.53. The minimum Gasteiger partial charge on any atom is -0.353 e. The Labute approximate surface area is 82.3 Å². The van der Waals surface area contributed by atoms with Crippen LogP contribution >= 0.6 is 0 Å². The van der Waals surface area contributed by atoms with Gasteiger partial charge in [-0.05, 0) is 12.8 Å². The van der Waals surface area contributed by atoms with E-state index in [1.807, 2.05) is 0 Å². The van der Waals surface area contributed by atoms with Crippen molar-refractivity contribution in [3.05, 3.63) is 0 Å². The zero-order valence-corrected chi connectivity index (χ0v) is 7.92. The number of carbonyl (C=O) groups is 1. The predicted octanol–water partition coefficient (Wildman–Crippen LogP) is -1.77. The first-order valence-electron chi connectivity index (χ1n) is 4.53. The lowest BCUT2D eigenvalue weighted by Gasteiger charge is -2.07. The molecule has 7 heteroatoms. The molecule has 1 saturated carbocycles. The topological polar surface area (TPSA) is 118 Å². The van der Waals surface area contributed by atoms with Crippen LogP contribution in [0.5, 0.6) is 0 Å². The number of amides is 2. The molecule has 7 N–H and O–H groups in total. The molecule has 0 radical (unpaired) electrons. The van der Waals surface area contributed by atoms with Crippen molar-refractivity contribution >= 4 is 12.0 Å². The molecule has 1 rings (SSSR count). The third-order valence-corrected chi connectivity index (χ3v) is 1.74. The Morgan fingerprint density at radius 2 is 2.21 bits per heavy atom. The summed E-state index contributed by atoms with van der Waals surface area (Å²) < 4.78 is 0. The molecular formula is C7H16N6O. The summed E-state index contributed by atoms with van der Waals surface area (Å²) in [4.78, 5) is 14.4. The van der Waals surface area contributed by atoms with Crippen LogP contribution in [-0.2, 0) is 0 Å². The smallest absolute Gasteiger partial charge is 0.312 e. The van der Waals surface area contributed by atoms with Crippen LogP contribution in [0.15, 0.2) is 4.99 Å². The largest absolute Gasteiger partial charge is 0.353 e. The molecule has 0 spiro atoms. The highest BCUT2D eigenvalue weighted by Gasteiger charge is 2.21. The van der Waals surface area contributed by atoms with E-state index in [2.05, 4.69) is 21.1 Å². The van der Waals surface area contributed by atoms with E-state index >= 15 is 0 Å². The maximum absolute atomic E-state index is 10.3. The number of aliphatic imine (C=N–C) groups is 1. The second kappa shape index (κ2) is 5.28. The molecule has 1 fully saturated rings. The molecule has 0 saturated heterocycles. The number of hydrogen-bond donors (Lipinski definition) is 5. The van der Waals surface area contributed by atoms with Gasteiger partial charge in [0.15, 0.2) is 0 Å². The maximum Gasteiger partial charge on any atom is 0.312 e. The van der Waals surface area contributed by atoms with Gasteiger partial charge in [-0.15, -0.1) is 0 Å². The van der Waals surface area contributed by atoms with Crippen molar-refractivity contribution < 1.29 is 4.79 Å². The summed E-state index contributed by atoms with van der Waals surface area (Å²) in [7, 11) is 0. The van der Waals surface area contributed by atoms with Gasteiger partial charge in [-0.2, -0.15) is 0 Å². The van der Waals surface area contributed by atoms with Gasteiger partial charge in [-0.1, -0.05) is 0 Å². The molecule has 0 aliphatic heterocycles. The molecule has 0 unspecified atom stereocenters. The average molecular weight is 200 g/mol. The first-order chi connectivity index (χ1) is 6.72. The van der Waals surface area contributed by atoms with Gasteiger partial charge in [0.2, 0.25) is 5.96 Å². The number of nitrogens with one attached hydrogen (secondary N) is 3. The number of hydrogen-bond acceptors (Lipinski definition) is 3. The van der Waals surface area contributed by atoms with Crippen LogP contribution in [0.3, 0.4) is 0 Å². The number of carbonyl (C=O) groups excluding carboxylic acids is 1. The van der Waals surface area contributed by atoms with Crippen molar-refractivity contribution in [1.29, 1.82) is 0 Å². The van der Waals surface area contributed by atoms with Crippen molar-refractivity contribution in [3.63, 3.8) is 0 Å². The maximum atomic E-state index is 10.3. The van der Waals surface area contributed by atoms with E-state index in [9.17, 15) is 4.79 Å². The first kappa shape index (κ1) is 10.6. The normalized spacial score (nSPS) is 16.2. The van der Waals surface area contributed by atoms with Crippen molar-refractivity contribution in [2.45, 2.75) is 18.9 Å². The van der Waals surface area contributed by atoms with E-state index in [0.717, 1.165) is 12.8 Å². The number of nitrogens with two attached hydrogens (primary N) is 2. The molecule has 0 aromatic rings. The summed E-state index contributed by atoms with van der Waals surface area (Å²) in [6.45, 7) is 0.856. The molecule has 1 aliphatic rings. The Morgan fingerprint density at radius 3 is 2.71 bits per heavy atom. The van der Waals surface area contributed by atoms with Crippen LogP contribution in [0.4, 0.5) is 4.79 Å². The highest BCUT2D eigenvalue weighted by Crippen LogP contribution is 2.18. The van der Waals surface area contributed by atoms with Crippen molar-refractivity contribution in [2.75, 3.05) is 13.1 Å². The quantitative estimate of drug-likeness (QED) is 0.121. The third-order valence-electron chi connectivity index (χ3n) is 1.74. The second-order valence-electron chi connectivity index (χ2n) is 3.08. The van der Waals surface area contributed by atoms with Gasteiger partial charge in [-0.3, -0.25) is 10.4 Å². The van der Waals surface area contributed by atoms with Crippen LogP contribution in [0, 0.1) is 0 Å². The van der Waals surface area contributed by atoms with E-state index in [1.165, 1.54) is 0 Å². The fourth-order valence-electron chi connectivity index (χ4n) is 0.901. The summed E-state index contributed by atoms with van der Waals surface area (Å²) in [6, 6.07) is -0.0495. The van der Waals surface area contributed by atoms with Crippen molar-refractivity contribution in [1.82, 2.24) is 16.1 Å². The zero-order chi connectivity index (χ0) is 10.4. The Balaban J connectivity index is 2.14. The summed E-state index contributed by atoms with van der Waals surface area (Å²) in [5.74, 6) is 5.79. The minimum atomic E-state index is -0.544. The number of primary amides is 1. The Kier molecular flexibility index (Phi) is 3.99. The second-order valence-corrected chi connectivity index (χ2v) is 3.08. The van der Waals surface area contributed by atoms with Gasteiger partial charge in [0.1, 0.15) is 0 Å². The molecule has 0 aromatic carbocycles. The lowest BCUT2D eigenvalue weighted by atomic mass is 10.6. The number of urea groups is 1. The van der Waals surface area contributed by atoms with Gasteiger partial charge in [0, 0.05) is 12.6 Å². The van der Waals surface area contributed by atoms with Gasteiger partial charge < -0.3 is 16.4 Å². The fourth-order valence-corrected chi connectivity index (χ4v) is 0.901. The van der Waals surface area contributed by atoms with E-state index in [4.69, 9.17) is 11.6 Å². The molecular weight excluding hydrogens is 184 g/mol. The number of rotatable bonds is 4. The van der Waals surface area contributed by atoms with Crippen molar-refractivity contribution in [3.8, 4) is 0 Å². The highest BCUT2D eigenvalue weighted by molar-refractivity contribution is 5.79. The summed E-state index contributed by atoms with van der Waals surface area (Å²) in [5, 5.41) is 5.53. The Hall–Kier alpha value is -1.50. The lowest BCUT2D eigenvalue weighted by molar-refractivity contribution is 0.249. The Bertz CT molecular complexity index is 224. The van der Waals surface area contributed by atoms with E-state index < -0.39 is 6.03 Å². The van der Waals surface area contributed by atoms with Crippen LogP contribution < -0.4 is 27.6 Å². The fraction of sp³-hybridized carbons (Fsp3) is 0.714. The molecule has 80 valence electrons. The molecule has 14 heavy (non-hydrogen) atoms. The lowest BCUT2D eigenvalue weighted by Crippen LogP contribution is -2.43. The number of guanidine groups is 1. The summed E-state index contributed by atoms with van der Waals surface area (Å²) >= 11 is 0. The number of nitrogens with zero attached hydrogens (tertiary/aromatic N) is 1. The minimum absolute atomic E-state index is 0.410. The standard InChI is InChI=1S/C7H16N6O/c8-6(14)10-3-4-11-7(13-9)12-5-1-2-5/h5H,1-4,9H2,(H3,8,10,14)(H2,11,12,13). The molecule has 0 atom stereocenters. The molecule has 2 amide bonds. The molecule has 0 bridgehead atoms. The van der Waals surface area contributed by atoms with Gasteiger partial charge in [0.25, 0.3) is 0 Å². The average Bonchev–Trinajstić information content (AvgIpc) is 2.93. The molecule has 0 aromatic heterocycles. The van der Waals surface area contributed by atoms with Crippen LogP contribution in [0.2, 0.25) is 0 Å². The van der Waals surface area contributed by atoms with E-state index in [0.29, 0.717) is 25.1 Å². The summed E-state index contributed by atoms with van der Waals surface area (Å²) in [6.07, 6.45) is 2.31. The third kappa shape index (κ3) is 4.51. The van der Waals surface area contributed by atoms with Crippen LogP contribution in [-0.4, -0.2) is 31.1 Å². The zero-order valence-electron chi connectivity index (χ0n) is 7.92. The predicted molar refractivity (Wildman–Crippen MR) is 53.4 cm³/mol. The monoisotopic (exact) mass is 200 g/mol. The van der Waals surface area contributed by atoms with Crippen molar-refractivity contribution in [2.24, 2.45) is 16.6 Å². The van der Waals surface area contributed by atoms with Crippen LogP contribution in [0.25, 0.3) is 0 Å². The van der Waals surface area contributed by atoms with Crippen LogP contribution in [0.1, 0.15) is 12.8 Å². The highest BCUT2D eigenvalue weighted by atomic mass is 16.2. The molecule has 7 nitrogen and oxygen atoms in total. The van der Waals surface area contributed by atoms with Gasteiger partial charge >= 0.3 is 6.03 Å².